The molecule has 2 aromatic heterocycles. The van der Waals surface area contributed by atoms with Crippen molar-refractivity contribution < 1.29 is 21.9 Å². The normalized spacial score (nSPS) is 11.6. The van der Waals surface area contributed by atoms with Gasteiger partial charge >= 0.3 is 0 Å². The molecule has 0 atom stereocenters. The van der Waals surface area contributed by atoms with Crippen molar-refractivity contribution in [3.63, 3.8) is 0 Å². The Labute approximate surface area is 181 Å². The van der Waals surface area contributed by atoms with E-state index in [1.807, 2.05) is 0 Å². The summed E-state index contributed by atoms with van der Waals surface area (Å²) in [6, 6.07) is 8.89. The number of aromatic nitrogens is 3. The van der Waals surface area contributed by atoms with Gasteiger partial charge in [0.05, 0.1) is 5.75 Å². The first-order valence-electron chi connectivity index (χ1n) is 9.50. The molecule has 0 saturated heterocycles. The fourth-order valence-electron chi connectivity index (χ4n) is 3.15. The Morgan fingerprint density at radius 2 is 1.88 bits per heavy atom. The molecule has 8 nitrogen and oxygen atoms in total. The van der Waals surface area contributed by atoms with E-state index in [4.69, 9.17) is 4.74 Å². The molecule has 0 aliphatic rings. The van der Waals surface area contributed by atoms with Crippen molar-refractivity contribution in [1.82, 2.24) is 14.8 Å². The van der Waals surface area contributed by atoms with Gasteiger partial charge in [-0.2, -0.15) is 5.10 Å². The summed E-state index contributed by atoms with van der Waals surface area (Å²) in [7, 11) is -2.11. The number of aryl methyl sites for hydroxylation is 1. The molecule has 2 heterocycles. The van der Waals surface area contributed by atoms with Crippen molar-refractivity contribution in [3.8, 4) is 22.8 Å². The molecule has 0 spiro atoms. The summed E-state index contributed by atoms with van der Waals surface area (Å²) in [5, 5.41) is 4.78. The number of ether oxygens (including phenoxy) is 1. The van der Waals surface area contributed by atoms with Gasteiger partial charge in [0.2, 0.25) is 10.0 Å². The van der Waals surface area contributed by atoms with Crippen molar-refractivity contribution >= 4 is 26.6 Å². The van der Waals surface area contributed by atoms with E-state index in [1.54, 1.807) is 12.3 Å². The monoisotopic (exact) mass is 460 g/mol. The van der Waals surface area contributed by atoms with Gasteiger partial charge in [-0.25, -0.2) is 21.9 Å². The highest BCUT2D eigenvalue weighted by Gasteiger charge is 2.19. The first kappa shape index (κ1) is 21.5. The summed E-state index contributed by atoms with van der Waals surface area (Å²) < 4.78 is 60.9. The van der Waals surface area contributed by atoms with Crippen LogP contribution in [0.1, 0.15) is 6.92 Å². The van der Waals surface area contributed by atoms with Crippen LogP contribution in [-0.2, 0) is 17.1 Å². The van der Waals surface area contributed by atoms with E-state index < -0.39 is 21.7 Å². The Bertz CT molecular complexity index is 1500. The Hall–Kier alpha value is -3.73. The first-order valence-corrected chi connectivity index (χ1v) is 11.2. The van der Waals surface area contributed by atoms with E-state index in [0.29, 0.717) is 22.7 Å². The van der Waals surface area contributed by atoms with Crippen LogP contribution in [0.4, 0.5) is 14.5 Å². The minimum absolute atomic E-state index is 0.128. The molecule has 0 aliphatic heterocycles. The molecular formula is C21H18F2N4O4S. The number of nitrogens with one attached hydrogen (secondary N) is 2. The maximum Gasteiger partial charge on any atom is 0.290 e. The maximum atomic E-state index is 14.2. The summed E-state index contributed by atoms with van der Waals surface area (Å²) in [6.07, 6.45) is 1.57. The van der Waals surface area contributed by atoms with Crippen molar-refractivity contribution in [1.29, 1.82) is 0 Å². The number of rotatable bonds is 6. The van der Waals surface area contributed by atoms with Crippen LogP contribution in [0.25, 0.3) is 22.2 Å². The lowest BCUT2D eigenvalue weighted by atomic mass is 10.1. The van der Waals surface area contributed by atoms with Gasteiger partial charge in [0.1, 0.15) is 22.8 Å². The zero-order chi connectivity index (χ0) is 23.0. The van der Waals surface area contributed by atoms with Gasteiger partial charge in [0.15, 0.2) is 11.6 Å². The number of hydrogen-bond donors (Lipinski definition) is 2. The number of nitrogens with zero attached hydrogens (tertiary/aromatic N) is 2. The smallest absolute Gasteiger partial charge is 0.290 e. The van der Waals surface area contributed by atoms with Gasteiger partial charge in [0.25, 0.3) is 5.56 Å². The highest BCUT2D eigenvalue weighted by Crippen LogP contribution is 2.38. The van der Waals surface area contributed by atoms with Crippen LogP contribution in [0.5, 0.6) is 11.5 Å². The lowest BCUT2D eigenvalue weighted by Gasteiger charge is -2.15. The Kier molecular flexibility index (Phi) is 5.43. The molecule has 11 heteroatoms. The lowest BCUT2D eigenvalue weighted by Crippen LogP contribution is -2.20. The molecule has 2 aromatic carbocycles. The molecule has 0 aliphatic carbocycles. The second-order valence-corrected chi connectivity index (χ2v) is 8.95. The van der Waals surface area contributed by atoms with Gasteiger partial charge in [-0.05, 0) is 43.3 Å². The summed E-state index contributed by atoms with van der Waals surface area (Å²) in [5.74, 6) is -1.91. The number of halogens is 2. The van der Waals surface area contributed by atoms with E-state index in [0.717, 1.165) is 16.8 Å². The summed E-state index contributed by atoms with van der Waals surface area (Å²) in [6.45, 7) is 1.50. The van der Waals surface area contributed by atoms with Crippen LogP contribution >= 0.6 is 0 Å². The van der Waals surface area contributed by atoms with Crippen LogP contribution in [0.2, 0.25) is 0 Å². The lowest BCUT2D eigenvalue weighted by molar-refractivity contribution is 0.439. The summed E-state index contributed by atoms with van der Waals surface area (Å²) >= 11 is 0. The van der Waals surface area contributed by atoms with E-state index in [1.165, 1.54) is 32.2 Å². The zero-order valence-electron chi connectivity index (χ0n) is 17.0. The predicted molar refractivity (Wildman–Crippen MR) is 116 cm³/mol. The van der Waals surface area contributed by atoms with Crippen molar-refractivity contribution in [2.75, 3.05) is 10.5 Å². The number of aromatic amines is 1. The van der Waals surface area contributed by atoms with Crippen molar-refractivity contribution in [2.45, 2.75) is 6.92 Å². The Morgan fingerprint density at radius 3 is 2.59 bits per heavy atom. The average Bonchev–Trinajstić information content (AvgIpc) is 3.24. The standard InChI is InChI=1S/C21H18F2N4O4S/c1-3-32(29,30)26-13-5-7-17(31-18-6-4-12(22)10-16(18)23)15(11-13)19-14-8-9-24-20(14)21(28)27(2)25-19/h4-11,24,26H,3H2,1-2H3. The third kappa shape index (κ3) is 4.06. The van der Waals surface area contributed by atoms with Crippen LogP contribution in [-0.4, -0.2) is 28.9 Å². The van der Waals surface area contributed by atoms with Gasteiger partial charge in [-0.3, -0.25) is 9.52 Å². The average molecular weight is 460 g/mol. The molecule has 4 rings (SSSR count). The maximum absolute atomic E-state index is 14.2. The van der Waals surface area contributed by atoms with E-state index in [2.05, 4.69) is 14.8 Å². The fraction of sp³-hybridized carbons (Fsp3) is 0.143. The topological polar surface area (TPSA) is 106 Å². The molecule has 0 amide bonds. The molecule has 0 radical (unpaired) electrons. The SMILES string of the molecule is CCS(=O)(=O)Nc1ccc(Oc2ccc(F)cc2F)c(-c2nn(C)c(=O)c3[nH]ccc23)c1. The molecule has 0 bridgehead atoms. The highest BCUT2D eigenvalue weighted by molar-refractivity contribution is 7.92. The number of anilines is 1. The van der Waals surface area contributed by atoms with Gasteiger partial charge in [0, 0.05) is 35.9 Å². The molecule has 0 fully saturated rings. The van der Waals surface area contributed by atoms with Crippen LogP contribution < -0.4 is 15.0 Å². The molecule has 166 valence electrons. The molecular weight excluding hydrogens is 442 g/mol. The molecule has 0 unspecified atom stereocenters. The Balaban J connectivity index is 1.93. The highest BCUT2D eigenvalue weighted by atomic mass is 32.2. The molecule has 32 heavy (non-hydrogen) atoms. The van der Waals surface area contributed by atoms with Crippen LogP contribution in [0, 0.1) is 11.6 Å². The molecule has 2 N–H and O–H groups in total. The number of benzene rings is 2. The number of sulfonamides is 1. The van der Waals surface area contributed by atoms with Gasteiger partial charge in [-0.15, -0.1) is 0 Å². The van der Waals surface area contributed by atoms with Crippen molar-refractivity contribution in [3.05, 3.63) is 70.6 Å². The second-order valence-electron chi connectivity index (χ2n) is 6.94. The van der Waals surface area contributed by atoms with E-state index >= 15 is 0 Å². The largest absolute Gasteiger partial charge is 0.454 e. The fourth-order valence-corrected chi connectivity index (χ4v) is 3.78. The second kappa shape index (κ2) is 8.08. The van der Waals surface area contributed by atoms with Crippen LogP contribution in [0.3, 0.4) is 0 Å². The summed E-state index contributed by atoms with van der Waals surface area (Å²) in [4.78, 5) is 15.2. The number of H-pyrrole nitrogens is 1. The minimum atomic E-state index is -3.58. The molecule has 4 aromatic rings. The van der Waals surface area contributed by atoms with E-state index in [9.17, 15) is 22.0 Å². The van der Waals surface area contributed by atoms with Gasteiger partial charge < -0.3 is 9.72 Å². The third-order valence-electron chi connectivity index (χ3n) is 4.76. The Morgan fingerprint density at radius 1 is 1.12 bits per heavy atom. The zero-order valence-corrected chi connectivity index (χ0v) is 17.8. The van der Waals surface area contributed by atoms with Gasteiger partial charge in [-0.1, -0.05) is 0 Å². The molecule has 0 saturated carbocycles. The predicted octanol–water partition coefficient (Wildman–Crippen LogP) is 3.76. The van der Waals surface area contributed by atoms with E-state index in [-0.39, 0.29) is 34.0 Å². The summed E-state index contributed by atoms with van der Waals surface area (Å²) in [5.41, 5.74) is 0.761. The van der Waals surface area contributed by atoms with Crippen LogP contribution in [0.15, 0.2) is 53.5 Å². The van der Waals surface area contributed by atoms with Crippen molar-refractivity contribution in [2.24, 2.45) is 7.05 Å². The number of hydrogen-bond acceptors (Lipinski definition) is 5. The quantitative estimate of drug-likeness (QED) is 0.456. The first-order chi connectivity index (χ1) is 15.2. The third-order valence-corrected chi connectivity index (χ3v) is 6.07. The minimum Gasteiger partial charge on any atom is -0.454 e. The number of fused-ring (bicyclic) bond motifs is 1.